The van der Waals surface area contributed by atoms with Gasteiger partial charge in [-0.15, -0.1) is 11.3 Å². The zero-order valence-corrected chi connectivity index (χ0v) is 14.9. The Hall–Kier alpha value is -2.32. The van der Waals surface area contributed by atoms with Crippen LogP contribution in [0.2, 0.25) is 0 Å². The SMILES string of the molecule is CC(C)c1c2sc3ccccc3c2cc2c3ccccc3n(C)c12. The van der Waals surface area contributed by atoms with Crippen molar-refractivity contribution in [3.63, 3.8) is 0 Å². The summed E-state index contributed by atoms with van der Waals surface area (Å²) in [4.78, 5) is 0. The van der Waals surface area contributed by atoms with Crippen LogP contribution in [0.1, 0.15) is 25.3 Å². The van der Waals surface area contributed by atoms with E-state index >= 15 is 0 Å². The second-order valence-corrected chi connectivity index (χ2v) is 7.94. The molecule has 24 heavy (non-hydrogen) atoms. The first kappa shape index (κ1) is 14.1. The Morgan fingerprint density at radius 2 is 1.54 bits per heavy atom. The van der Waals surface area contributed by atoms with Gasteiger partial charge < -0.3 is 4.57 Å². The van der Waals surface area contributed by atoms with E-state index in [-0.39, 0.29) is 0 Å². The van der Waals surface area contributed by atoms with Gasteiger partial charge in [0.2, 0.25) is 0 Å². The largest absolute Gasteiger partial charge is 0.343 e. The monoisotopic (exact) mass is 329 g/mol. The lowest BCUT2D eigenvalue weighted by molar-refractivity contribution is 0.872. The van der Waals surface area contributed by atoms with Crippen LogP contribution in [0.5, 0.6) is 0 Å². The number of rotatable bonds is 1. The van der Waals surface area contributed by atoms with Gasteiger partial charge in [-0.1, -0.05) is 50.2 Å². The maximum absolute atomic E-state index is 2.41. The van der Waals surface area contributed by atoms with Crippen molar-refractivity contribution in [3.05, 3.63) is 60.2 Å². The molecule has 0 aliphatic rings. The number of fused-ring (bicyclic) bond motifs is 6. The number of para-hydroxylation sites is 1. The van der Waals surface area contributed by atoms with Gasteiger partial charge in [-0.2, -0.15) is 0 Å². The Morgan fingerprint density at radius 1 is 0.833 bits per heavy atom. The molecule has 0 saturated carbocycles. The highest BCUT2D eigenvalue weighted by atomic mass is 32.1. The van der Waals surface area contributed by atoms with Crippen LogP contribution in [-0.2, 0) is 7.05 Å². The first-order valence-electron chi connectivity index (χ1n) is 8.48. The van der Waals surface area contributed by atoms with E-state index in [9.17, 15) is 0 Å². The Balaban J connectivity index is 2.14. The maximum Gasteiger partial charge on any atom is 0.0538 e. The van der Waals surface area contributed by atoms with Crippen LogP contribution < -0.4 is 0 Å². The fourth-order valence-electron chi connectivity index (χ4n) is 4.09. The molecule has 0 radical (unpaired) electrons. The average Bonchev–Trinajstić information content (AvgIpc) is 3.10. The normalized spacial score (nSPS) is 12.3. The number of benzene rings is 3. The standard InChI is InChI=1S/C22H19NS/c1-13(2)20-21-16(14-8-4-6-10-18(14)23(21)3)12-17-15-9-5-7-11-19(15)24-22(17)20/h4-13H,1-3H3. The lowest BCUT2D eigenvalue weighted by atomic mass is 9.96. The summed E-state index contributed by atoms with van der Waals surface area (Å²) < 4.78 is 5.21. The minimum atomic E-state index is 0.493. The van der Waals surface area contributed by atoms with Gasteiger partial charge in [-0.25, -0.2) is 0 Å². The molecule has 0 unspecified atom stereocenters. The second kappa shape index (κ2) is 4.84. The lowest BCUT2D eigenvalue weighted by Gasteiger charge is -2.12. The van der Waals surface area contributed by atoms with Gasteiger partial charge in [0, 0.05) is 43.5 Å². The third-order valence-corrected chi connectivity index (χ3v) is 6.37. The predicted octanol–water partition coefficient (Wildman–Crippen LogP) is 6.82. The molecular weight excluding hydrogens is 310 g/mol. The third-order valence-electron chi connectivity index (χ3n) is 5.15. The number of aromatic nitrogens is 1. The Bertz CT molecular complexity index is 1240. The molecule has 0 aliphatic carbocycles. The van der Waals surface area contributed by atoms with Crippen LogP contribution in [0.4, 0.5) is 0 Å². The summed E-state index contributed by atoms with van der Waals surface area (Å²) in [6.07, 6.45) is 0. The summed E-state index contributed by atoms with van der Waals surface area (Å²) in [5, 5.41) is 5.53. The average molecular weight is 329 g/mol. The van der Waals surface area contributed by atoms with Crippen molar-refractivity contribution in [1.82, 2.24) is 4.57 Å². The summed E-state index contributed by atoms with van der Waals surface area (Å²) in [5.74, 6) is 0.493. The van der Waals surface area contributed by atoms with Crippen molar-refractivity contribution < 1.29 is 0 Å². The maximum atomic E-state index is 2.41. The van der Waals surface area contributed by atoms with Crippen LogP contribution in [0.15, 0.2) is 54.6 Å². The first-order chi connectivity index (χ1) is 11.7. The summed E-state index contributed by atoms with van der Waals surface area (Å²) in [5.41, 5.74) is 4.20. The molecule has 5 rings (SSSR count). The van der Waals surface area contributed by atoms with Crippen molar-refractivity contribution in [1.29, 1.82) is 0 Å². The third kappa shape index (κ3) is 1.69. The molecule has 0 bridgehead atoms. The highest BCUT2D eigenvalue weighted by Gasteiger charge is 2.19. The topological polar surface area (TPSA) is 4.93 Å². The molecular formula is C22H19NS. The van der Waals surface area contributed by atoms with E-state index < -0.39 is 0 Å². The van der Waals surface area contributed by atoms with E-state index in [1.807, 2.05) is 11.3 Å². The van der Waals surface area contributed by atoms with Crippen molar-refractivity contribution in [3.8, 4) is 0 Å². The highest BCUT2D eigenvalue weighted by molar-refractivity contribution is 7.26. The summed E-state index contributed by atoms with van der Waals surface area (Å²) >= 11 is 1.94. The number of hydrogen-bond donors (Lipinski definition) is 0. The number of thiophene rings is 1. The van der Waals surface area contributed by atoms with Gasteiger partial charge in [0.25, 0.3) is 0 Å². The fraction of sp³-hybridized carbons (Fsp3) is 0.182. The van der Waals surface area contributed by atoms with E-state index in [0.29, 0.717) is 5.92 Å². The molecule has 0 aliphatic heterocycles. The van der Waals surface area contributed by atoms with Gasteiger partial charge in [0.05, 0.1) is 5.52 Å². The van der Waals surface area contributed by atoms with Gasteiger partial charge in [-0.05, 0) is 29.7 Å². The summed E-state index contributed by atoms with van der Waals surface area (Å²) in [7, 11) is 2.20. The number of nitrogens with zero attached hydrogens (tertiary/aromatic N) is 1. The van der Waals surface area contributed by atoms with Crippen molar-refractivity contribution in [2.45, 2.75) is 19.8 Å². The Labute approximate surface area is 145 Å². The van der Waals surface area contributed by atoms with E-state index in [1.165, 1.54) is 47.5 Å². The van der Waals surface area contributed by atoms with E-state index in [4.69, 9.17) is 0 Å². The number of hydrogen-bond acceptors (Lipinski definition) is 1. The minimum absolute atomic E-state index is 0.493. The molecule has 5 aromatic rings. The van der Waals surface area contributed by atoms with E-state index in [1.54, 1.807) is 0 Å². The molecule has 0 atom stereocenters. The highest BCUT2D eigenvalue weighted by Crippen LogP contribution is 2.44. The minimum Gasteiger partial charge on any atom is -0.343 e. The summed E-state index contributed by atoms with van der Waals surface area (Å²) in [6.45, 7) is 4.63. The second-order valence-electron chi connectivity index (χ2n) is 6.89. The van der Waals surface area contributed by atoms with Gasteiger partial charge in [-0.3, -0.25) is 0 Å². The van der Waals surface area contributed by atoms with Crippen molar-refractivity contribution >= 4 is 53.3 Å². The van der Waals surface area contributed by atoms with Crippen LogP contribution in [0.3, 0.4) is 0 Å². The van der Waals surface area contributed by atoms with Crippen LogP contribution in [0.25, 0.3) is 42.0 Å². The summed E-state index contributed by atoms with van der Waals surface area (Å²) in [6, 6.07) is 20.0. The van der Waals surface area contributed by atoms with E-state index in [0.717, 1.165) is 0 Å². The predicted molar refractivity (Wildman–Crippen MR) is 107 cm³/mol. The van der Waals surface area contributed by atoms with Crippen LogP contribution in [0, 0.1) is 0 Å². The molecule has 0 saturated heterocycles. The molecule has 2 aromatic heterocycles. The van der Waals surface area contributed by atoms with Gasteiger partial charge >= 0.3 is 0 Å². The lowest BCUT2D eigenvalue weighted by Crippen LogP contribution is -1.95. The quantitative estimate of drug-likeness (QED) is 0.318. The van der Waals surface area contributed by atoms with Crippen LogP contribution >= 0.6 is 11.3 Å². The van der Waals surface area contributed by atoms with Crippen molar-refractivity contribution in [2.75, 3.05) is 0 Å². The molecule has 0 amide bonds. The zero-order chi connectivity index (χ0) is 16.4. The number of aryl methyl sites for hydroxylation is 1. The van der Waals surface area contributed by atoms with Gasteiger partial charge in [0.15, 0.2) is 0 Å². The van der Waals surface area contributed by atoms with Gasteiger partial charge in [0.1, 0.15) is 0 Å². The molecule has 2 heterocycles. The molecule has 1 nitrogen and oxygen atoms in total. The molecule has 0 N–H and O–H groups in total. The molecule has 118 valence electrons. The van der Waals surface area contributed by atoms with E-state index in [2.05, 4.69) is 80.1 Å². The fourth-order valence-corrected chi connectivity index (χ4v) is 5.47. The van der Waals surface area contributed by atoms with Crippen LogP contribution in [-0.4, -0.2) is 4.57 Å². The first-order valence-corrected chi connectivity index (χ1v) is 9.29. The molecule has 0 spiro atoms. The molecule has 2 heteroatoms. The molecule has 3 aromatic carbocycles. The Morgan fingerprint density at radius 3 is 2.33 bits per heavy atom. The smallest absolute Gasteiger partial charge is 0.0538 e. The molecule has 0 fully saturated rings. The van der Waals surface area contributed by atoms with Crippen molar-refractivity contribution in [2.24, 2.45) is 7.05 Å². The zero-order valence-electron chi connectivity index (χ0n) is 14.1. The Kier molecular flexibility index (Phi) is 2.84.